The van der Waals surface area contributed by atoms with Crippen molar-refractivity contribution in [2.45, 2.75) is 20.3 Å². The average molecular weight is 229 g/mol. The summed E-state index contributed by atoms with van der Waals surface area (Å²) >= 11 is 0. The Hall–Kier alpha value is -1.83. The Morgan fingerprint density at radius 1 is 1.35 bits per heavy atom. The topological polar surface area (TPSA) is 20.3 Å². The molecule has 0 N–H and O–H groups in total. The molecule has 0 saturated carbocycles. The zero-order valence-corrected chi connectivity index (χ0v) is 10.5. The first-order chi connectivity index (χ1) is 8.17. The lowest BCUT2D eigenvalue weighted by molar-refractivity contribution is -0.127. The van der Waals surface area contributed by atoms with Crippen LogP contribution in [0.3, 0.4) is 0 Å². The van der Waals surface area contributed by atoms with Crippen LogP contribution < -0.4 is 0 Å². The van der Waals surface area contributed by atoms with Crippen molar-refractivity contribution in [2.75, 3.05) is 6.54 Å². The molecule has 0 radical (unpaired) electrons. The zero-order valence-electron chi connectivity index (χ0n) is 10.5. The van der Waals surface area contributed by atoms with E-state index < -0.39 is 0 Å². The van der Waals surface area contributed by atoms with Gasteiger partial charge in [-0.25, -0.2) is 0 Å². The first-order valence-electron chi connectivity index (χ1n) is 5.81. The van der Waals surface area contributed by atoms with E-state index in [-0.39, 0.29) is 5.91 Å². The second kappa shape index (κ2) is 6.69. The molecule has 1 aromatic rings. The molecule has 2 nitrogen and oxygen atoms in total. The summed E-state index contributed by atoms with van der Waals surface area (Å²) in [6, 6.07) is 10.1. The molecular formula is C15H19NO. The molecule has 0 fully saturated rings. The van der Waals surface area contributed by atoms with Crippen LogP contribution >= 0.6 is 0 Å². The van der Waals surface area contributed by atoms with E-state index >= 15 is 0 Å². The van der Waals surface area contributed by atoms with E-state index in [1.54, 1.807) is 11.1 Å². The molecule has 0 saturated heterocycles. The fourth-order valence-corrected chi connectivity index (χ4v) is 1.61. The van der Waals surface area contributed by atoms with Gasteiger partial charge in [-0.05, 0) is 18.7 Å². The van der Waals surface area contributed by atoms with Gasteiger partial charge in [0.15, 0.2) is 0 Å². The van der Waals surface area contributed by atoms with Crippen molar-refractivity contribution in [2.24, 2.45) is 0 Å². The Labute approximate surface area is 103 Å². The Morgan fingerprint density at radius 3 is 2.53 bits per heavy atom. The lowest BCUT2D eigenvalue weighted by atomic mass is 10.1. The SMILES string of the molecule is C=CN(CC(C)=Cc1ccccc1)C(=O)CC. The van der Waals surface area contributed by atoms with Crippen molar-refractivity contribution in [1.29, 1.82) is 0 Å². The number of hydrogen-bond acceptors (Lipinski definition) is 1. The molecule has 0 atom stereocenters. The predicted octanol–water partition coefficient (Wildman–Crippen LogP) is 3.47. The highest BCUT2D eigenvalue weighted by atomic mass is 16.2. The molecule has 2 heteroatoms. The highest BCUT2D eigenvalue weighted by Crippen LogP contribution is 2.08. The summed E-state index contributed by atoms with van der Waals surface area (Å²) in [5.41, 5.74) is 2.29. The third kappa shape index (κ3) is 4.27. The minimum absolute atomic E-state index is 0.0980. The van der Waals surface area contributed by atoms with E-state index in [4.69, 9.17) is 0 Å². The standard InChI is InChI=1S/C15H19NO/c1-4-15(17)16(5-2)12-13(3)11-14-9-7-6-8-10-14/h5-11H,2,4,12H2,1,3H3. The van der Waals surface area contributed by atoms with Gasteiger partial charge in [-0.15, -0.1) is 0 Å². The molecule has 0 bridgehead atoms. The summed E-state index contributed by atoms with van der Waals surface area (Å²) in [5, 5.41) is 0. The lowest BCUT2D eigenvalue weighted by Gasteiger charge is -2.17. The Morgan fingerprint density at radius 2 is 2.00 bits per heavy atom. The van der Waals surface area contributed by atoms with E-state index in [2.05, 4.69) is 12.7 Å². The molecule has 0 unspecified atom stereocenters. The molecule has 1 aromatic carbocycles. The summed E-state index contributed by atoms with van der Waals surface area (Å²) in [6.45, 7) is 8.15. The number of benzene rings is 1. The van der Waals surface area contributed by atoms with Crippen LogP contribution in [0.4, 0.5) is 0 Å². The van der Waals surface area contributed by atoms with Crippen LogP contribution in [-0.2, 0) is 4.79 Å². The van der Waals surface area contributed by atoms with Gasteiger partial charge in [-0.3, -0.25) is 4.79 Å². The maximum atomic E-state index is 11.6. The minimum Gasteiger partial charge on any atom is -0.316 e. The summed E-state index contributed by atoms with van der Waals surface area (Å²) in [5.74, 6) is 0.0980. The molecular weight excluding hydrogens is 210 g/mol. The van der Waals surface area contributed by atoms with Gasteiger partial charge in [0.05, 0.1) is 0 Å². The maximum Gasteiger partial charge on any atom is 0.226 e. The second-order valence-corrected chi connectivity index (χ2v) is 3.96. The van der Waals surface area contributed by atoms with Crippen molar-refractivity contribution < 1.29 is 4.79 Å². The number of nitrogens with zero attached hydrogens (tertiary/aromatic N) is 1. The van der Waals surface area contributed by atoms with Gasteiger partial charge in [0.2, 0.25) is 5.91 Å². The molecule has 0 aliphatic heterocycles. The quantitative estimate of drug-likeness (QED) is 0.757. The number of carbonyl (C=O) groups excluding carboxylic acids is 1. The van der Waals surface area contributed by atoms with Gasteiger partial charge < -0.3 is 4.90 Å². The van der Waals surface area contributed by atoms with Crippen LogP contribution in [0.2, 0.25) is 0 Å². The van der Waals surface area contributed by atoms with Crippen LogP contribution in [0.25, 0.3) is 6.08 Å². The molecule has 0 aliphatic rings. The molecule has 0 spiro atoms. The van der Waals surface area contributed by atoms with Gasteiger partial charge >= 0.3 is 0 Å². The van der Waals surface area contributed by atoms with Crippen LogP contribution in [-0.4, -0.2) is 17.4 Å². The number of hydrogen-bond donors (Lipinski definition) is 0. The van der Waals surface area contributed by atoms with Crippen LogP contribution in [0.15, 0.2) is 48.7 Å². The molecule has 0 aromatic heterocycles. The Kier molecular flexibility index (Phi) is 5.21. The number of rotatable bonds is 5. The summed E-state index contributed by atoms with van der Waals surface area (Å²) in [4.78, 5) is 13.2. The molecule has 1 amide bonds. The second-order valence-electron chi connectivity index (χ2n) is 3.96. The third-order valence-corrected chi connectivity index (χ3v) is 2.48. The normalized spacial score (nSPS) is 11.1. The fourth-order valence-electron chi connectivity index (χ4n) is 1.61. The van der Waals surface area contributed by atoms with Gasteiger partial charge in [-0.2, -0.15) is 0 Å². The van der Waals surface area contributed by atoms with Crippen molar-refractivity contribution in [3.63, 3.8) is 0 Å². The van der Waals surface area contributed by atoms with Gasteiger partial charge in [0, 0.05) is 13.0 Å². The van der Waals surface area contributed by atoms with Gasteiger partial charge in [-0.1, -0.05) is 55.5 Å². The summed E-state index contributed by atoms with van der Waals surface area (Å²) in [7, 11) is 0. The Balaban J connectivity index is 2.71. The third-order valence-electron chi connectivity index (χ3n) is 2.48. The van der Waals surface area contributed by atoms with Gasteiger partial charge in [0.1, 0.15) is 0 Å². The Bertz CT molecular complexity index is 406. The highest BCUT2D eigenvalue weighted by Gasteiger charge is 2.07. The first-order valence-corrected chi connectivity index (χ1v) is 5.81. The van der Waals surface area contributed by atoms with E-state index in [1.165, 1.54) is 0 Å². The van der Waals surface area contributed by atoms with E-state index in [1.807, 2.05) is 44.2 Å². The van der Waals surface area contributed by atoms with Crippen molar-refractivity contribution in [1.82, 2.24) is 4.90 Å². The van der Waals surface area contributed by atoms with Crippen LogP contribution in [0.1, 0.15) is 25.8 Å². The molecule has 0 aliphatic carbocycles. The van der Waals surface area contributed by atoms with Crippen molar-refractivity contribution in [3.8, 4) is 0 Å². The van der Waals surface area contributed by atoms with Crippen molar-refractivity contribution in [3.05, 3.63) is 54.2 Å². The average Bonchev–Trinajstić information content (AvgIpc) is 2.36. The maximum absolute atomic E-state index is 11.6. The number of carbonyl (C=O) groups is 1. The van der Waals surface area contributed by atoms with Crippen molar-refractivity contribution >= 4 is 12.0 Å². The first kappa shape index (κ1) is 13.2. The summed E-state index contributed by atoms with van der Waals surface area (Å²) in [6.07, 6.45) is 4.18. The molecule has 0 heterocycles. The zero-order chi connectivity index (χ0) is 12.7. The molecule has 90 valence electrons. The molecule has 1 rings (SSSR count). The van der Waals surface area contributed by atoms with E-state index in [0.717, 1.165) is 11.1 Å². The van der Waals surface area contributed by atoms with Crippen LogP contribution in [0, 0.1) is 0 Å². The smallest absolute Gasteiger partial charge is 0.226 e. The van der Waals surface area contributed by atoms with E-state index in [0.29, 0.717) is 13.0 Å². The fraction of sp³-hybridized carbons (Fsp3) is 0.267. The summed E-state index contributed by atoms with van der Waals surface area (Å²) < 4.78 is 0. The van der Waals surface area contributed by atoms with Gasteiger partial charge in [0.25, 0.3) is 0 Å². The number of amides is 1. The van der Waals surface area contributed by atoms with Crippen LogP contribution in [0.5, 0.6) is 0 Å². The highest BCUT2D eigenvalue weighted by molar-refractivity contribution is 5.77. The lowest BCUT2D eigenvalue weighted by Crippen LogP contribution is -2.26. The monoisotopic (exact) mass is 229 g/mol. The largest absolute Gasteiger partial charge is 0.316 e. The van der Waals surface area contributed by atoms with E-state index in [9.17, 15) is 4.79 Å². The molecule has 17 heavy (non-hydrogen) atoms. The minimum atomic E-state index is 0.0980. The predicted molar refractivity (Wildman–Crippen MR) is 72.3 cm³/mol.